The molecule has 0 unspecified atom stereocenters. The maximum Gasteiger partial charge on any atom is 0.255 e. The van der Waals surface area contributed by atoms with Crippen LogP contribution >= 0.6 is 0 Å². The molecule has 3 heterocycles. The van der Waals surface area contributed by atoms with Crippen LogP contribution in [0.3, 0.4) is 0 Å². The largest absolute Gasteiger partial charge is 0.349 e. The number of allylic oxidation sites excluding steroid dienone is 1. The van der Waals surface area contributed by atoms with Crippen LogP contribution in [0, 0.1) is 0 Å². The van der Waals surface area contributed by atoms with Gasteiger partial charge in [0.25, 0.3) is 5.91 Å². The summed E-state index contributed by atoms with van der Waals surface area (Å²) in [5, 5.41) is 6.95. The summed E-state index contributed by atoms with van der Waals surface area (Å²) in [4.78, 5) is 22.2. The fourth-order valence-electron chi connectivity index (χ4n) is 3.99. The maximum atomic E-state index is 13.8. The van der Waals surface area contributed by atoms with Gasteiger partial charge in [-0.05, 0) is 69.2 Å². The van der Waals surface area contributed by atoms with Crippen LogP contribution in [0.1, 0.15) is 78.5 Å². The molecule has 7 heteroatoms. The normalized spacial score (nSPS) is 16.5. The Morgan fingerprint density at radius 2 is 2.16 bits per heavy atom. The number of pyridine rings is 1. The number of nitrogens with zero attached hydrogens (tertiary/aromatic N) is 4. The van der Waals surface area contributed by atoms with E-state index in [0.29, 0.717) is 17.0 Å². The molecule has 0 aliphatic heterocycles. The number of rotatable bonds is 5. The summed E-state index contributed by atoms with van der Waals surface area (Å²) in [7, 11) is 0. The molecule has 6 nitrogen and oxygen atoms in total. The number of carbonyl (C=O) groups excluding carboxylic acids is 1. The lowest BCUT2D eigenvalue weighted by atomic mass is 9.98. The zero-order valence-electron chi connectivity index (χ0n) is 17.9. The number of aromatic nitrogens is 4. The SMILES string of the molecule is CC(C)(F)CNC(=O)c1cnn2ccc(C3=CCCCc4nc(C5CC5)ncc43)cc12. The summed E-state index contributed by atoms with van der Waals surface area (Å²) in [5.41, 5.74) is 3.91. The second kappa shape index (κ2) is 7.55. The highest BCUT2D eigenvalue weighted by Gasteiger charge is 2.28. The first-order chi connectivity index (χ1) is 14.9. The zero-order chi connectivity index (χ0) is 21.6. The van der Waals surface area contributed by atoms with Gasteiger partial charge in [0.2, 0.25) is 0 Å². The number of hydrogen-bond donors (Lipinski definition) is 1. The van der Waals surface area contributed by atoms with Crippen molar-refractivity contribution in [2.45, 2.75) is 57.5 Å². The number of alkyl halides is 1. The molecule has 160 valence electrons. The number of halogens is 1. The van der Waals surface area contributed by atoms with Crippen LogP contribution in [0.15, 0.2) is 36.8 Å². The van der Waals surface area contributed by atoms with Crippen molar-refractivity contribution < 1.29 is 9.18 Å². The lowest BCUT2D eigenvalue weighted by Crippen LogP contribution is -2.35. The molecule has 1 fully saturated rings. The second-order valence-corrected chi connectivity index (χ2v) is 9.08. The molecule has 3 aromatic heterocycles. The standard InChI is InChI=1S/C24H26FN5O/c1-24(2,25)14-27-23(31)19-13-28-30-10-9-16(11-21(19)30)17-5-3-4-6-20-18(17)12-26-22(29-20)15-7-8-15/h5,9-13,15H,3-4,6-8,14H2,1-2H3,(H,27,31). The Balaban J connectivity index is 1.51. The summed E-state index contributed by atoms with van der Waals surface area (Å²) in [5.74, 6) is 1.17. The van der Waals surface area contributed by atoms with E-state index in [4.69, 9.17) is 4.98 Å². The predicted octanol–water partition coefficient (Wildman–Crippen LogP) is 4.25. The highest BCUT2D eigenvalue weighted by molar-refractivity contribution is 6.01. The average molecular weight is 420 g/mol. The third-order valence-corrected chi connectivity index (χ3v) is 5.83. The summed E-state index contributed by atoms with van der Waals surface area (Å²) in [6, 6.07) is 3.97. The van der Waals surface area contributed by atoms with Crippen molar-refractivity contribution in [2.24, 2.45) is 0 Å². The Labute approximate surface area is 180 Å². The average Bonchev–Trinajstić information content (AvgIpc) is 3.53. The lowest BCUT2D eigenvalue weighted by molar-refractivity contribution is 0.0922. The fourth-order valence-corrected chi connectivity index (χ4v) is 3.99. The van der Waals surface area contributed by atoms with Gasteiger partial charge in [-0.1, -0.05) is 6.08 Å². The summed E-state index contributed by atoms with van der Waals surface area (Å²) in [6.45, 7) is 2.82. The molecule has 1 N–H and O–H groups in total. The maximum absolute atomic E-state index is 13.8. The van der Waals surface area contributed by atoms with Crippen LogP contribution in [0.4, 0.5) is 4.39 Å². The topological polar surface area (TPSA) is 72.2 Å². The van der Waals surface area contributed by atoms with Crippen molar-refractivity contribution >= 4 is 17.0 Å². The molecule has 0 bridgehead atoms. The van der Waals surface area contributed by atoms with Crippen LogP contribution in [0.2, 0.25) is 0 Å². The Hall–Kier alpha value is -3.09. The van der Waals surface area contributed by atoms with Crippen LogP contribution in [-0.2, 0) is 6.42 Å². The molecule has 0 spiro atoms. The van der Waals surface area contributed by atoms with Crippen LogP contribution in [0.5, 0.6) is 0 Å². The Kier molecular flexibility index (Phi) is 4.84. The molecule has 2 aliphatic carbocycles. The molecule has 2 aliphatic rings. The van der Waals surface area contributed by atoms with Gasteiger partial charge in [0.05, 0.1) is 29.5 Å². The molecule has 0 saturated heterocycles. The van der Waals surface area contributed by atoms with Gasteiger partial charge in [-0.25, -0.2) is 18.9 Å². The van der Waals surface area contributed by atoms with Crippen molar-refractivity contribution in [3.63, 3.8) is 0 Å². The van der Waals surface area contributed by atoms with Gasteiger partial charge < -0.3 is 5.32 Å². The number of hydrogen-bond acceptors (Lipinski definition) is 4. The minimum absolute atomic E-state index is 0.0535. The smallest absolute Gasteiger partial charge is 0.255 e. The quantitative estimate of drug-likeness (QED) is 0.671. The van der Waals surface area contributed by atoms with Gasteiger partial charge in [0.15, 0.2) is 0 Å². The van der Waals surface area contributed by atoms with Crippen molar-refractivity contribution in [2.75, 3.05) is 6.54 Å². The minimum atomic E-state index is -1.47. The number of carbonyl (C=O) groups is 1. The first-order valence-electron chi connectivity index (χ1n) is 10.9. The lowest BCUT2D eigenvalue weighted by Gasteiger charge is -2.14. The summed E-state index contributed by atoms with van der Waals surface area (Å²) >= 11 is 0. The molecule has 0 atom stereocenters. The van der Waals surface area contributed by atoms with Gasteiger partial charge >= 0.3 is 0 Å². The third-order valence-electron chi connectivity index (χ3n) is 5.83. The molecule has 1 amide bonds. The van der Waals surface area contributed by atoms with Crippen molar-refractivity contribution in [3.8, 4) is 0 Å². The van der Waals surface area contributed by atoms with E-state index in [2.05, 4.69) is 21.5 Å². The zero-order valence-corrected chi connectivity index (χ0v) is 17.9. The Morgan fingerprint density at radius 1 is 1.32 bits per heavy atom. The van der Waals surface area contributed by atoms with E-state index in [-0.39, 0.29) is 12.5 Å². The third kappa shape index (κ3) is 4.09. The highest BCUT2D eigenvalue weighted by atomic mass is 19.1. The highest BCUT2D eigenvalue weighted by Crippen LogP contribution is 2.39. The van der Waals surface area contributed by atoms with Gasteiger partial charge in [-0.2, -0.15) is 5.10 Å². The second-order valence-electron chi connectivity index (χ2n) is 9.08. The molecular weight excluding hydrogens is 393 g/mol. The van der Waals surface area contributed by atoms with Gasteiger partial charge in [0, 0.05) is 23.9 Å². The molecule has 31 heavy (non-hydrogen) atoms. The van der Waals surface area contributed by atoms with E-state index in [0.717, 1.165) is 47.5 Å². The van der Waals surface area contributed by atoms with Crippen LogP contribution in [-0.4, -0.2) is 37.7 Å². The van der Waals surface area contributed by atoms with E-state index in [1.165, 1.54) is 32.9 Å². The minimum Gasteiger partial charge on any atom is -0.349 e. The summed E-state index contributed by atoms with van der Waals surface area (Å²) in [6.07, 6.45) is 12.9. The first-order valence-corrected chi connectivity index (χ1v) is 10.9. The number of nitrogens with one attached hydrogen (secondary N) is 1. The van der Waals surface area contributed by atoms with E-state index in [1.54, 1.807) is 4.52 Å². The van der Waals surface area contributed by atoms with E-state index < -0.39 is 5.67 Å². The molecule has 1 saturated carbocycles. The number of amides is 1. The van der Waals surface area contributed by atoms with Gasteiger partial charge in [-0.3, -0.25) is 4.79 Å². The number of fused-ring (bicyclic) bond motifs is 2. The Morgan fingerprint density at radius 3 is 2.94 bits per heavy atom. The molecule has 5 rings (SSSR count). The monoisotopic (exact) mass is 419 g/mol. The molecule has 0 aromatic carbocycles. The first kappa shape index (κ1) is 19.8. The van der Waals surface area contributed by atoms with E-state index in [9.17, 15) is 9.18 Å². The van der Waals surface area contributed by atoms with Crippen LogP contribution < -0.4 is 5.32 Å². The Bertz CT molecular complexity index is 1190. The van der Waals surface area contributed by atoms with Gasteiger partial charge in [0.1, 0.15) is 11.5 Å². The van der Waals surface area contributed by atoms with E-state index >= 15 is 0 Å². The molecular formula is C24H26FN5O. The van der Waals surface area contributed by atoms with Crippen molar-refractivity contribution in [3.05, 3.63) is 65.0 Å². The van der Waals surface area contributed by atoms with Crippen molar-refractivity contribution in [1.29, 1.82) is 0 Å². The van der Waals surface area contributed by atoms with Crippen LogP contribution in [0.25, 0.3) is 11.1 Å². The van der Waals surface area contributed by atoms with Gasteiger partial charge in [-0.15, -0.1) is 0 Å². The van der Waals surface area contributed by atoms with Crippen molar-refractivity contribution in [1.82, 2.24) is 24.9 Å². The van der Waals surface area contributed by atoms with E-state index in [1.807, 2.05) is 24.5 Å². The number of aryl methyl sites for hydroxylation is 1. The molecule has 0 radical (unpaired) electrons. The predicted molar refractivity (Wildman–Crippen MR) is 117 cm³/mol. The molecule has 3 aromatic rings. The summed E-state index contributed by atoms with van der Waals surface area (Å²) < 4.78 is 15.5. The fraction of sp³-hybridized carbons (Fsp3) is 0.417.